The molecule has 2 aromatic carbocycles. The van der Waals surface area contributed by atoms with E-state index in [0.29, 0.717) is 6.61 Å². The molecule has 0 saturated heterocycles. The second-order valence-corrected chi connectivity index (χ2v) is 3.89. The molecule has 0 fully saturated rings. The lowest BCUT2D eigenvalue weighted by atomic mass is 10.2. The van der Waals surface area contributed by atoms with Crippen molar-refractivity contribution in [2.75, 3.05) is 19.5 Å². The minimum Gasteiger partial charge on any atom is -0.493 e. The number of hydrogen-bond acceptors (Lipinski definition) is 3. The molecule has 94 valence electrons. The summed E-state index contributed by atoms with van der Waals surface area (Å²) in [5, 5.41) is 3.08. The lowest BCUT2D eigenvalue weighted by Gasteiger charge is -2.12. The molecule has 2 aromatic rings. The van der Waals surface area contributed by atoms with Crippen molar-refractivity contribution in [1.82, 2.24) is 0 Å². The van der Waals surface area contributed by atoms with Gasteiger partial charge in [0, 0.05) is 18.8 Å². The largest absolute Gasteiger partial charge is 0.493 e. The summed E-state index contributed by atoms with van der Waals surface area (Å²) >= 11 is 0. The van der Waals surface area contributed by atoms with Gasteiger partial charge >= 0.3 is 0 Å². The molecule has 18 heavy (non-hydrogen) atoms. The Morgan fingerprint density at radius 1 is 1.00 bits per heavy atom. The highest BCUT2D eigenvalue weighted by Gasteiger charge is 2.05. The average Bonchev–Trinajstić information content (AvgIpc) is 2.45. The molecule has 0 aliphatic heterocycles. The van der Waals surface area contributed by atoms with Crippen LogP contribution >= 0.6 is 0 Å². The summed E-state index contributed by atoms with van der Waals surface area (Å²) in [4.78, 5) is 0. The molecule has 0 saturated carbocycles. The Morgan fingerprint density at radius 3 is 2.44 bits per heavy atom. The van der Waals surface area contributed by atoms with Crippen molar-refractivity contribution < 1.29 is 9.47 Å². The first-order chi connectivity index (χ1) is 8.83. The first-order valence-corrected chi connectivity index (χ1v) is 5.86. The monoisotopic (exact) mass is 243 g/mol. The molecule has 0 aromatic heterocycles. The maximum atomic E-state index is 5.79. The molecule has 0 aliphatic rings. The number of hydrogen-bond donors (Lipinski definition) is 1. The fourth-order valence-electron chi connectivity index (χ4n) is 1.68. The van der Waals surface area contributed by atoms with E-state index in [2.05, 4.69) is 5.32 Å². The van der Waals surface area contributed by atoms with Crippen molar-refractivity contribution >= 4 is 5.69 Å². The Labute approximate surface area is 107 Å². The number of rotatable bonds is 5. The molecule has 3 nitrogen and oxygen atoms in total. The van der Waals surface area contributed by atoms with Crippen molar-refractivity contribution in [2.45, 2.75) is 6.61 Å². The van der Waals surface area contributed by atoms with E-state index in [-0.39, 0.29) is 0 Å². The van der Waals surface area contributed by atoms with E-state index in [1.807, 2.05) is 55.6 Å². The predicted molar refractivity (Wildman–Crippen MR) is 73.3 cm³/mol. The summed E-state index contributed by atoms with van der Waals surface area (Å²) in [7, 11) is 3.52. The van der Waals surface area contributed by atoms with Gasteiger partial charge in [-0.25, -0.2) is 0 Å². The Morgan fingerprint density at radius 2 is 1.78 bits per heavy atom. The summed E-state index contributed by atoms with van der Waals surface area (Å²) in [6.45, 7) is 0.532. The summed E-state index contributed by atoms with van der Waals surface area (Å²) in [6, 6.07) is 15.8. The molecule has 0 spiro atoms. The highest BCUT2D eigenvalue weighted by atomic mass is 16.5. The highest BCUT2D eigenvalue weighted by molar-refractivity contribution is 5.54. The molecule has 0 atom stereocenters. The maximum Gasteiger partial charge on any atom is 0.163 e. The molecule has 2 rings (SSSR count). The van der Waals surface area contributed by atoms with Crippen molar-refractivity contribution in [1.29, 1.82) is 0 Å². The van der Waals surface area contributed by atoms with Crippen molar-refractivity contribution in [3.8, 4) is 11.5 Å². The summed E-state index contributed by atoms with van der Waals surface area (Å²) in [5.41, 5.74) is 2.13. The van der Waals surface area contributed by atoms with E-state index in [4.69, 9.17) is 9.47 Å². The predicted octanol–water partition coefficient (Wildman–Crippen LogP) is 3.32. The molecule has 0 aliphatic carbocycles. The third-order valence-electron chi connectivity index (χ3n) is 2.69. The molecular formula is C15H17NO2. The standard InChI is InChI=1S/C15H17NO2/c1-16-13-8-9-14(17-2)15(10-13)18-11-12-6-4-3-5-7-12/h3-10,16H,11H2,1-2H3. The molecule has 1 N–H and O–H groups in total. The van der Waals surface area contributed by atoms with Gasteiger partial charge in [-0.15, -0.1) is 0 Å². The van der Waals surface area contributed by atoms with Gasteiger partial charge in [0.1, 0.15) is 6.61 Å². The Balaban J connectivity index is 2.12. The van der Waals surface area contributed by atoms with Gasteiger partial charge < -0.3 is 14.8 Å². The van der Waals surface area contributed by atoms with Crippen molar-refractivity contribution in [2.24, 2.45) is 0 Å². The first kappa shape index (κ1) is 12.3. The molecule has 0 bridgehead atoms. The molecule has 3 heteroatoms. The number of anilines is 1. The van der Waals surface area contributed by atoms with E-state index in [1.54, 1.807) is 7.11 Å². The smallest absolute Gasteiger partial charge is 0.163 e. The van der Waals surface area contributed by atoms with Gasteiger partial charge in [0.15, 0.2) is 11.5 Å². The SMILES string of the molecule is CNc1ccc(OC)c(OCc2ccccc2)c1. The van der Waals surface area contributed by atoms with Crippen LogP contribution in [0.1, 0.15) is 5.56 Å². The van der Waals surface area contributed by atoms with Crippen LogP contribution in [0.2, 0.25) is 0 Å². The molecule has 0 unspecified atom stereocenters. The summed E-state index contributed by atoms with van der Waals surface area (Å²) in [5.74, 6) is 1.48. The van der Waals surface area contributed by atoms with Crippen LogP contribution in [-0.4, -0.2) is 14.2 Å². The van der Waals surface area contributed by atoms with Gasteiger partial charge in [-0.3, -0.25) is 0 Å². The van der Waals surface area contributed by atoms with E-state index in [1.165, 1.54) is 0 Å². The van der Waals surface area contributed by atoms with Gasteiger partial charge in [0.2, 0.25) is 0 Å². The third kappa shape index (κ3) is 2.94. The van der Waals surface area contributed by atoms with Crippen LogP contribution in [0.5, 0.6) is 11.5 Å². The van der Waals surface area contributed by atoms with Gasteiger partial charge in [-0.1, -0.05) is 30.3 Å². The zero-order valence-corrected chi connectivity index (χ0v) is 10.6. The van der Waals surface area contributed by atoms with Gasteiger partial charge in [0.05, 0.1) is 7.11 Å². The van der Waals surface area contributed by atoms with Gasteiger partial charge in [0.25, 0.3) is 0 Å². The fraction of sp³-hybridized carbons (Fsp3) is 0.200. The molecule has 0 amide bonds. The fourth-order valence-corrected chi connectivity index (χ4v) is 1.68. The normalized spacial score (nSPS) is 9.89. The zero-order chi connectivity index (χ0) is 12.8. The van der Waals surface area contributed by atoms with E-state index >= 15 is 0 Å². The van der Waals surface area contributed by atoms with Crippen LogP contribution in [0.25, 0.3) is 0 Å². The second kappa shape index (κ2) is 5.96. The summed E-state index contributed by atoms with van der Waals surface area (Å²) in [6.07, 6.45) is 0. The van der Waals surface area contributed by atoms with Gasteiger partial charge in [-0.2, -0.15) is 0 Å². The van der Waals surface area contributed by atoms with Crippen LogP contribution in [0.3, 0.4) is 0 Å². The lowest BCUT2D eigenvalue weighted by Crippen LogP contribution is -1.98. The Kier molecular flexibility index (Phi) is 4.07. The molecular weight excluding hydrogens is 226 g/mol. The minimum atomic E-state index is 0.532. The van der Waals surface area contributed by atoms with Crippen molar-refractivity contribution in [3.63, 3.8) is 0 Å². The van der Waals surface area contributed by atoms with E-state index in [0.717, 1.165) is 22.7 Å². The quantitative estimate of drug-likeness (QED) is 0.873. The lowest BCUT2D eigenvalue weighted by molar-refractivity contribution is 0.284. The topological polar surface area (TPSA) is 30.5 Å². The first-order valence-electron chi connectivity index (χ1n) is 5.86. The minimum absolute atomic E-state index is 0.532. The van der Waals surface area contributed by atoms with Crippen molar-refractivity contribution in [3.05, 3.63) is 54.1 Å². The van der Waals surface area contributed by atoms with Crippen LogP contribution in [0.15, 0.2) is 48.5 Å². The third-order valence-corrected chi connectivity index (χ3v) is 2.69. The van der Waals surface area contributed by atoms with E-state index in [9.17, 15) is 0 Å². The maximum absolute atomic E-state index is 5.79. The van der Waals surface area contributed by atoms with Crippen LogP contribution in [0, 0.1) is 0 Å². The highest BCUT2D eigenvalue weighted by Crippen LogP contribution is 2.30. The number of benzene rings is 2. The van der Waals surface area contributed by atoms with Crippen LogP contribution in [-0.2, 0) is 6.61 Å². The molecule has 0 heterocycles. The average molecular weight is 243 g/mol. The Bertz CT molecular complexity index is 497. The molecule has 0 radical (unpaired) electrons. The van der Waals surface area contributed by atoms with Gasteiger partial charge in [-0.05, 0) is 17.7 Å². The number of methoxy groups -OCH3 is 1. The number of ether oxygens (including phenoxy) is 2. The van der Waals surface area contributed by atoms with Crippen LogP contribution in [0.4, 0.5) is 5.69 Å². The second-order valence-electron chi connectivity index (χ2n) is 3.89. The summed E-state index contributed by atoms with van der Waals surface area (Å²) < 4.78 is 11.1. The number of nitrogens with one attached hydrogen (secondary N) is 1. The van der Waals surface area contributed by atoms with E-state index < -0.39 is 0 Å². The Hall–Kier alpha value is -2.16. The zero-order valence-electron chi connectivity index (χ0n) is 10.6. The van der Waals surface area contributed by atoms with Crippen LogP contribution < -0.4 is 14.8 Å².